The molecule has 0 saturated heterocycles. The van der Waals surface area contributed by atoms with Crippen LogP contribution in [0.4, 0.5) is 15.8 Å². The summed E-state index contributed by atoms with van der Waals surface area (Å²) in [5.74, 6) is -1.39. The maximum absolute atomic E-state index is 15.7. The Hall–Kier alpha value is -2.98. The number of hydrogen-bond acceptors (Lipinski definition) is 5. The predicted molar refractivity (Wildman–Crippen MR) is 133 cm³/mol. The first-order valence-corrected chi connectivity index (χ1v) is 11.5. The third-order valence-corrected chi connectivity index (χ3v) is 5.93. The van der Waals surface area contributed by atoms with Crippen LogP contribution in [0.2, 0.25) is 5.02 Å². The molecule has 3 aromatic carbocycles. The van der Waals surface area contributed by atoms with Gasteiger partial charge in [-0.05, 0) is 36.8 Å². The van der Waals surface area contributed by atoms with E-state index in [-0.39, 0.29) is 30.0 Å². The Kier molecular flexibility index (Phi) is 7.47. The Bertz CT molecular complexity index is 1340. The number of nitrogens with one attached hydrogen (secondary N) is 2. The Balaban J connectivity index is 1.79. The van der Waals surface area contributed by atoms with E-state index in [1.54, 1.807) is 28.8 Å². The van der Waals surface area contributed by atoms with E-state index in [1.165, 1.54) is 6.33 Å². The summed E-state index contributed by atoms with van der Waals surface area (Å²) in [7, 11) is 0. The zero-order chi connectivity index (χ0) is 24.2. The number of aromatic nitrogens is 2. The van der Waals surface area contributed by atoms with Crippen molar-refractivity contribution in [2.45, 2.75) is 13.5 Å². The number of amides is 1. The summed E-state index contributed by atoms with van der Waals surface area (Å²) in [6.07, 6.45) is 1.54. The minimum Gasteiger partial charge on any atom is -0.394 e. The van der Waals surface area contributed by atoms with Gasteiger partial charge in [-0.1, -0.05) is 57.4 Å². The second-order valence-electron chi connectivity index (χ2n) is 7.59. The van der Waals surface area contributed by atoms with Gasteiger partial charge in [0.1, 0.15) is 5.52 Å². The molecule has 3 N–H and O–H groups in total. The number of hydrogen-bond donors (Lipinski definition) is 3. The summed E-state index contributed by atoms with van der Waals surface area (Å²) in [5, 5.41) is 12.2. The lowest BCUT2D eigenvalue weighted by Crippen LogP contribution is -2.26. The van der Waals surface area contributed by atoms with Crippen molar-refractivity contribution in [1.82, 2.24) is 15.0 Å². The van der Waals surface area contributed by atoms with Gasteiger partial charge in [-0.2, -0.15) is 0 Å². The highest BCUT2D eigenvalue weighted by atomic mass is 79.9. The van der Waals surface area contributed by atoms with Gasteiger partial charge < -0.3 is 15.0 Å². The van der Waals surface area contributed by atoms with E-state index in [4.69, 9.17) is 21.5 Å². The Morgan fingerprint density at radius 3 is 2.71 bits per heavy atom. The smallest absolute Gasteiger partial charge is 0.277 e. The maximum atomic E-state index is 15.7. The van der Waals surface area contributed by atoms with E-state index >= 15 is 4.39 Å². The molecule has 1 heterocycles. The number of hydroxylamine groups is 1. The SMILES string of the molecule is Cc1ccc(Cn2cnc3c(F)c(Nc4ccc(Br)cc4Cl)c(C(=O)NOCCO)cc32)cc1. The molecule has 1 amide bonds. The van der Waals surface area contributed by atoms with E-state index in [2.05, 4.69) is 31.7 Å². The molecule has 34 heavy (non-hydrogen) atoms. The van der Waals surface area contributed by atoms with Crippen molar-refractivity contribution in [3.8, 4) is 0 Å². The van der Waals surface area contributed by atoms with Crippen molar-refractivity contribution in [2.24, 2.45) is 0 Å². The molecule has 0 aliphatic heterocycles. The highest BCUT2D eigenvalue weighted by molar-refractivity contribution is 9.10. The molecular weight excluding hydrogens is 527 g/mol. The van der Waals surface area contributed by atoms with Crippen LogP contribution in [-0.2, 0) is 11.4 Å². The standard InChI is InChI=1S/C24H21BrClFN4O3/c1-14-2-4-15(5-3-14)12-31-13-28-23-20(31)11-17(24(33)30-34-9-8-32)22(21(23)27)29-19-7-6-16(25)10-18(19)26/h2-7,10-11,13,29,32H,8-9,12H2,1H3,(H,30,33). The first-order chi connectivity index (χ1) is 16.4. The molecule has 0 radical (unpaired) electrons. The first kappa shape index (κ1) is 24.2. The number of aryl methyl sites for hydroxylation is 1. The van der Waals surface area contributed by atoms with E-state index in [0.717, 1.165) is 15.6 Å². The number of fused-ring (bicyclic) bond motifs is 1. The molecule has 7 nitrogen and oxygen atoms in total. The van der Waals surface area contributed by atoms with Crippen LogP contribution >= 0.6 is 27.5 Å². The number of aliphatic hydroxyl groups excluding tert-OH is 1. The molecule has 0 atom stereocenters. The summed E-state index contributed by atoms with van der Waals surface area (Å²) < 4.78 is 18.3. The lowest BCUT2D eigenvalue weighted by molar-refractivity contribution is 0.0169. The van der Waals surface area contributed by atoms with Crippen LogP contribution < -0.4 is 10.8 Å². The highest BCUT2D eigenvalue weighted by Crippen LogP contribution is 2.34. The van der Waals surface area contributed by atoms with Crippen molar-refractivity contribution in [3.05, 3.63) is 86.9 Å². The first-order valence-electron chi connectivity index (χ1n) is 10.4. The fourth-order valence-corrected chi connectivity index (χ4v) is 4.14. The number of carbonyl (C=O) groups excluding carboxylic acids is 1. The van der Waals surface area contributed by atoms with Crippen molar-refractivity contribution >= 4 is 55.8 Å². The van der Waals surface area contributed by atoms with Crippen LogP contribution in [0.15, 0.2) is 59.3 Å². The zero-order valence-corrected chi connectivity index (χ0v) is 20.5. The number of benzene rings is 3. The van der Waals surface area contributed by atoms with Crippen LogP contribution in [0, 0.1) is 12.7 Å². The molecule has 0 saturated carbocycles. The topological polar surface area (TPSA) is 88.4 Å². The number of halogens is 3. The minimum atomic E-state index is -0.702. The average molecular weight is 548 g/mol. The average Bonchev–Trinajstić information content (AvgIpc) is 3.21. The van der Waals surface area contributed by atoms with Crippen LogP contribution in [0.5, 0.6) is 0 Å². The van der Waals surface area contributed by atoms with Gasteiger partial charge in [0.15, 0.2) is 5.82 Å². The fraction of sp³-hybridized carbons (Fsp3) is 0.167. The van der Waals surface area contributed by atoms with E-state index in [0.29, 0.717) is 22.8 Å². The second-order valence-corrected chi connectivity index (χ2v) is 8.91. The number of anilines is 2. The van der Waals surface area contributed by atoms with Crippen molar-refractivity contribution < 1.29 is 19.1 Å². The molecule has 10 heteroatoms. The van der Waals surface area contributed by atoms with Gasteiger partial charge in [0.25, 0.3) is 5.91 Å². The van der Waals surface area contributed by atoms with Crippen molar-refractivity contribution in [1.29, 1.82) is 0 Å². The summed E-state index contributed by atoms with van der Waals surface area (Å²) in [4.78, 5) is 22.1. The second kappa shape index (κ2) is 10.5. The molecule has 0 fully saturated rings. The Morgan fingerprint density at radius 1 is 1.24 bits per heavy atom. The van der Waals surface area contributed by atoms with Gasteiger partial charge in [-0.3, -0.25) is 9.63 Å². The molecular formula is C24H21BrClFN4O3. The van der Waals surface area contributed by atoms with Crippen molar-refractivity contribution in [3.63, 3.8) is 0 Å². The van der Waals surface area contributed by atoms with Gasteiger partial charge in [-0.15, -0.1) is 0 Å². The molecule has 0 unspecified atom stereocenters. The van der Waals surface area contributed by atoms with Crippen LogP contribution in [-0.4, -0.2) is 33.8 Å². The lowest BCUT2D eigenvalue weighted by atomic mass is 10.1. The summed E-state index contributed by atoms with van der Waals surface area (Å²) in [6, 6.07) is 14.6. The lowest BCUT2D eigenvalue weighted by Gasteiger charge is -2.15. The van der Waals surface area contributed by atoms with E-state index < -0.39 is 11.7 Å². The molecule has 0 spiro atoms. The van der Waals surface area contributed by atoms with Gasteiger partial charge in [0.05, 0.1) is 47.0 Å². The third-order valence-electron chi connectivity index (χ3n) is 5.12. The van der Waals surface area contributed by atoms with Gasteiger partial charge in [0, 0.05) is 11.0 Å². The number of carbonyl (C=O) groups is 1. The summed E-state index contributed by atoms with van der Waals surface area (Å²) in [5.41, 5.74) is 5.23. The molecule has 4 rings (SSSR count). The minimum absolute atomic E-state index is 0.00687. The number of aliphatic hydroxyl groups is 1. The highest BCUT2D eigenvalue weighted by Gasteiger charge is 2.23. The Labute approximate surface area is 208 Å². The molecule has 176 valence electrons. The largest absolute Gasteiger partial charge is 0.394 e. The molecule has 0 aliphatic carbocycles. The predicted octanol–water partition coefficient (Wildman–Crippen LogP) is 5.35. The maximum Gasteiger partial charge on any atom is 0.277 e. The van der Waals surface area contributed by atoms with Crippen LogP contribution in [0.25, 0.3) is 11.0 Å². The summed E-state index contributed by atoms with van der Waals surface area (Å²) in [6.45, 7) is 2.06. The number of nitrogens with zero attached hydrogens (tertiary/aromatic N) is 2. The zero-order valence-electron chi connectivity index (χ0n) is 18.1. The molecule has 0 aliphatic rings. The third kappa shape index (κ3) is 5.23. The quantitative estimate of drug-likeness (QED) is 0.205. The normalized spacial score (nSPS) is 11.1. The van der Waals surface area contributed by atoms with Gasteiger partial charge in [-0.25, -0.2) is 14.9 Å². The number of rotatable bonds is 8. The van der Waals surface area contributed by atoms with Crippen LogP contribution in [0.1, 0.15) is 21.5 Å². The molecule has 4 aromatic rings. The number of imidazole rings is 1. The van der Waals surface area contributed by atoms with Gasteiger partial charge >= 0.3 is 0 Å². The van der Waals surface area contributed by atoms with Gasteiger partial charge in [0.2, 0.25) is 0 Å². The van der Waals surface area contributed by atoms with E-state index in [1.807, 2.05) is 31.2 Å². The molecule has 0 bridgehead atoms. The van der Waals surface area contributed by atoms with Crippen molar-refractivity contribution in [2.75, 3.05) is 18.5 Å². The molecule has 1 aromatic heterocycles. The fourth-order valence-electron chi connectivity index (χ4n) is 3.42. The Morgan fingerprint density at radius 2 is 2.00 bits per heavy atom. The monoisotopic (exact) mass is 546 g/mol. The summed E-state index contributed by atoms with van der Waals surface area (Å²) >= 11 is 9.64. The van der Waals surface area contributed by atoms with Crippen LogP contribution in [0.3, 0.4) is 0 Å². The van der Waals surface area contributed by atoms with E-state index in [9.17, 15) is 4.79 Å².